The van der Waals surface area contributed by atoms with E-state index in [1.807, 2.05) is 24.3 Å². The highest BCUT2D eigenvalue weighted by atomic mass is 79.9. The van der Waals surface area contributed by atoms with Crippen LogP contribution in [-0.2, 0) is 0 Å². The van der Waals surface area contributed by atoms with Gasteiger partial charge in [-0.15, -0.1) is 10.2 Å². The van der Waals surface area contributed by atoms with Crippen LogP contribution in [0.3, 0.4) is 0 Å². The predicted octanol–water partition coefficient (Wildman–Crippen LogP) is 2.95. The third-order valence-corrected chi connectivity index (χ3v) is 4.26. The first-order valence-corrected chi connectivity index (χ1v) is 7.60. The van der Waals surface area contributed by atoms with Crippen molar-refractivity contribution in [2.75, 3.05) is 18.4 Å². The van der Waals surface area contributed by atoms with Crippen LogP contribution in [0, 0.1) is 0 Å². The van der Waals surface area contributed by atoms with Crippen LogP contribution in [0.15, 0.2) is 28.9 Å². The summed E-state index contributed by atoms with van der Waals surface area (Å²) >= 11 is 3.40. The number of nitrogens with one attached hydrogen (secondary N) is 1. The quantitative estimate of drug-likeness (QED) is 0.870. The number of anilines is 1. The van der Waals surface area contributed by atoms with Gasteiger partial charge in [-0.1, -0.05) is 24.3 Å². The molecule has 6 nitrogen and oxygen atoms in total. The first-order chi connectivity index (χ1) is 10.1. The second-order valence-corrected chi connectivity index (χ2v) is 5.85. The average molecular weight is 351 g/mol. The monoisotopic (exact) mass is 350 g/mol. The highest BCUT2D eigenvalue weighted by molar-refractivity contribution is 9.10. The Morgan fingerprint density at radius 3 is 2.86 bits per heavy atom. The third kappa shape index (κ3) is 2.92. The topological polar surface area (TPSA) is 78.4 Å². The lowest BCUT2D eigenvalue weighted by Gasteiger charge is -2.31. The van der Waals surface area contributed by atoms with Gasteiger partial charge in [0.1, 0.15) is 4.60 Å². The molecule has 21 heavy (non-hydrogen) atoms. The lowest BCUT2D eigenvalue weighted by atomic mass is 10.1. The van der Waals surface area contributed by atoms with E-state index in [1.165, 1.54) is 4.90 Å². The standard InChI is InChI=1S/C14H15BrN4O2/c15-12-10-5-1-2-6-11(10)13(18-17-12)16-9-4-3-7-19(8-9)14(20)21/h1-2,5-6,9H,3-4,7-8H2,(H,16,18)(H,20,21). The van der Waals surface area contributed by atoms with Crippen molar-refractivity contribution in [3.63, 3.8) is 0 Å². The van der Waals surface area contributed by atoms with Gasteiger partial charge in [-0.25, -0.2) is 4.79 Å². The minimum Gasteiger partial charge on any atom is -0.465 e. The number of benzene rings is 1. The van der Waals surface area contributed by atoms with E-state index in [0.29, 0.717) is 23.5 Å². The lowest BCUT2D eigenvalue weighted by Crippen LogP contribution is -2.44. The third-order valence-electron chi connectivity index (χ3n) is 3.67. The van der Waals surface area contributed by atoms with Crippen molar-refractivity contribution in [1.82, 2.24) is 15.1 Å². The van der Waals surface area contributed by atoms with Crippen LogP contribution in [0.5, 0.6) is 0 Å². The maximum absolute atomic E-state index is 11.1. The van der Waals surface area contributed by atoms with Gasteiger partial charge < -0.3 is 15.3 Å². The summed E-state index contributed by atoms with van der Waals surface area (Å²) in [5.41, 5.74) is 0. The Labute approximate surface area is 130 Å². The van der Waals surface area contributed by atoms with Crippen LogP contribution in [0.25, 0.3) is 10.8 Å². The van der Waals surface area contributed by atoms with Crippen molar-refractivity contribution in [1.29, 1.82) is 0 Å². The average Bonchev–Trinajstić information content (AvgIpc) is 2.51. The number of nitrogens with zero attached hydrogens (tertiary/aromatic N) is 3. The molecule has 0 radical (unpaired) electrons. The van der Waals surface area contributed by atoms with Crippen LogP contribution in [0.4, 0.5) is 10.6 Å². The van der Waals surface area contributed by atoms with Crippen LogP contribution in [0.1, 0.15) is 12.8 Å². The van der Waals surface area contributed by atoms with Crippen molar-refractivity contribution >= 4 is 38.6 Å². The predicted molar refractivity (Wildman–Crippen MR) is 83.5 cm³/mol. The van der Waals surface area contributed by atoms with Crippen LogP contribution in [0.2, 0.25) is 0 Å². The molecule has 1 atom stereocenters. The molecule has 1 aliphatic heterocycles. The number of piperidine rings is 1. The fourth-order valence-electron chi connectivity index (χ4n) is 2.64. The fraction of sp³-hybridized carbons (Fsp3) is 0.357. The number of rotatable bonds is 2. The molecule has 1 unspecified atom stereocenters. The summed E-state index contributed by atoms with van der Waals surface area (Å²) in [6.45, 7) is 1.07. The van der Waals surface area contributed by atoms with Gasteiger partial charge in [0.05, 0.1) is 0 Å². The largest absolute Gasteiger partial charge is 0.465 e. The second kappa shape index (κ2) is 5.85. The number of fused-ring (bicyclic) bond motifs is 1. The van der Waals surface area contributed by atoms with Gasteiger partial charge in [-0.05, 0) is 28.8 Å². The number of aromatic nitrogens is 2. The van der Waals surface area contributed by atoms with Crippen LogP contribution < -0.4 is 5.32 Å². The van der Waals surface area contributed by atoms with E-state index >= 15 is 0 Å². The van der Waals surface area contributed by atoms with Crippen molar-refractivity contribution in [2.45, 2.75) is 18.9 Å². The van der Waals surface area contributed by atoms with Gasteiger partial charge in [0.15, 0.2) is 5.82 Å². The normalized spacial score (nSPS) is 18.7. The molecule has 1 aliphatic rings. The number of likely N-dealkylation sites (tertiary alicyclic amines) is 1. The van der Waals surface area contributed by atoms with Crippen molar-refractivity contribution in [3.8, 4) is 0 Å². The van der Waals surface area contributed by atoms with Crippen LogP contribution in [-0.4, -0.2) is 45.4 Å². The Balaban J connectivity index is 1.85. The highest BCUT2D eigenvalue weighted by Gasteiger charge is 2.23. The Hall–Kier alpha value is -1.89. The molecule has 2 N–H and O–H groups in total. The smallest absolute Gasteiger partial charge is 0.407 e. The maximum Gasteiger partial charge on any atom is 0.407 e. The summed E-state index contributed by atoms with van der Waals surface area (Å²) in [5, 5.41) is 22.7. The van der Waals surface area contributed by atoms with Crippen molar-refractivity contribution < 1.29 is 9.90 Å². The number of carbonyl (C=O) groups is 1. The first kappa shape index (κ1) is 14.1. The minimum absolute atomic E-state index is 0.0636. The first-order valence-electron chi connectivity index (χ1n) is 6.80. The van der Waals surface area contributed by atoms with Gasteiger partial charge in [0, 0.05) is 29.9 Å². The van der Waals surface area contributed by atoms with E-state index in [0.717, 1.165) is 23.6 Å². The Morgan fingerprint density at radius 1 is 1.33 bits per heavy atom. The zero-order valence-corrected chi connectivity index (χ0v) is 12.9. The molecule has 110 valence electrons. The summed E-state index contributed by atoms with van der Waals surface area (Å²) in [4.78, 5) is 12.5. The summed E-state index contributed by atoms with van der Waals surface area (Å²) in [5.74, 6) is 0.700. The molecule has 2 aromatic rings. The van der Waals surface area contributed by atoms with Crippen molar-refractivity contribution in [3.05, 3.63) is 28.9 Å². The number of carboxylic acid groups (broad SMARTS) is 1. The fourth-order valence-corrected chi connectivity index (χ4v) is 3.06. The molecule has 0 spiro atoms. The van der Waals surface area contributed by atoms with E-state index < -0.39 is 6.09 Å². The zero-order chi connectivity index (χ0) is 14.8. The van der Waals surface area contributed by atoms with Gasteiger partial charge in [0.25, 0.3) is 0 Å². The van der Waals surface area contributed by atoms with Crippen LogP contribution >= 0.6 is 15.9 Å². The molecule has 0 saturated carbocycles. The molecule has 7 heteroatoms. The number of amides is 1. The molecular weight excluding hydrogens is 336 g/mol. The Kier molecular flexibility index (Phi) is 3.92. The highest BCUT2D eigenvalue weighted by Crippen LogP contribution is 2.27. The zero-order valence-electron chi connectivity index (χ0n) is 11.3. The van der Waals surface area contributed by atoms with E-state index in [9.17, 15) is 4.79 Å². The summed E-state index contributed by atoms with van der Waals surface area (Å²) in [7, 11) is 0. The number of hydrogen-bond donors (Lipinski definition) is 2. The maximum atomic E-state index is 11.1. The Morgan fingerprint density at radius 2 is 2.10 bits per heavy atom. The Bertz CT molecular complexity index is 679. The molecule has 1 aromatic heterocycles. The second-order valence-electron chi connectivity index (χ2n) is 5.10. The SMILES string of the molecule is O=C(O)N1CCCC(Nc2nnc(Br)c3ccccc23)C1. The number of hydrogen-bond acceptors (Lipinski definition) is 4. The summed E-state index contributed by atoms with van der Waals surface area (Å²) in [6, 6.07) is 7.92. The summed E-state index contributed by atoms with van der Waals surface area (Å²) in [6.07, 6.45) is 0.912. The molecular formula is C14H15BrN4O2. The van der Waals surface area contributed by atoms with Gasteiger partial charge >= 0.3 is 6.09 Å². The molecule has 1 aromatic carbocycles. The van der Waals surface area contributed by atoms with Crippen molar-refractivity contribution in [2.24, 2.45) is 0 Å². The number of halogens is 1. The lowest BCUT2D eigenvalue weighted by molar-refractivity contribution is 0.133. The molecule has 3 rings (SSSR count). The molecule has 1 amide bonds. The molecule has 1 saturated heterocycles. The van der Waals surface area contributed by atoms with Gasteiger partial charge in [0.2, 0.25) is 0 Å². The van der Waals surface area contributed by atoms with Gasteiger partial charge in [-0.3, -0.25) is 0 Å². The van der Waals surface area contributed by atoms with E-state index in [-0.39, 0.29) is 6.04 Å². The van der Waals surface area contributed by atoms with E-state index in [2.05, 4.69) is 31.4 Å². The molecule has 1 fully saturated rings. The van der Waals surface area contributed by atoms with E-state index in [4.69, 9.17) is 5.11 Å². The minimum atomic E-state index is -0.867. The molecule has 0 aliphatic carbocycles. The molecule has 0 bridgehead atoms. The van der Waals surface area contributed by atoms with Gasteiger partial charge in [-0.2, -0.15) is 0 Å². The summed E-state index contributed by atoms with van der Waals surface area (Å²) < 4.78 is 0.708. The molecule has 2 heterocycles. The van der Waals surface area contributed by atoms with E-state index in [1.54, 1.807) is 0 Å².